The van der Waals surface area contributed by atoms with E-state index in [2.05, 4.69) is 0 Å². The van der Waals surface area contributed by atoms with Gasteiger partial charge >= 0.3 is 0 Å². The number of fused-ring (bicyclic) bond motifs is 5. The van der Waals surface area contributed by atoms with Gasteiger partial charge in [0.05, 0.1) is 33.5 Å². The molecule has 3 aliphatic heterocycles. The van der Waals surface area contributed by atoms with Crippen LogP contribution in [0.2, 0.25) is 5.02 Å². The van der Waals surface area contributed by atoms with Crippen LogP contribution in [0.3, 0.4) is 0 Å². The summed E-state index contributed by atoms with van der Waals surface area (Å²) in [7, 11) is 0. The van der Waals surface area contributed by atoms with E-state index in [9.17, 15) is 24.5 Å². The molecule has 4 atom stereocenters. The lowest BCUT2D eigenvalue weighted by Crippen LogP contribution is -2.44. The zero-order chi connectivity index (χ0) is 25.1. The van der Waals surface area contributed by atoms with Crippen molar-refractivity contribution in [1.82, 2.24) is 4.90 Å². The average Bonchev–Trinajstić information content (AvgIpc) is 3.36. The monoisotopic (exact) mass is 499 g/mol. The number of nitro groups is 1. The van der Waals surface area contributed by atoms with E-state index >= 15 is 0 Å². The number of carbonyl (C=O) groups excluding carboxylic acids is 3. The van der Waals surface area contributed by atoms with Crippen molar-refractivity contribution in [3.8, 4) is 0 Å². The fraction of sp³-hybridized carbons (Fsp3) is 0.148. The molecule has 2 saturated heterocycles. The molecule has 0 bridgehead atoms. The Kier molecular flexibility index (Phi) is 5.01. The molecule has 36 heavy (non-hydrogen) atoms. The van der Waals surface area contributed by atoms with E-state index in [1.54, 1.807) is 35.4 Å². The van der Waals surface area contributed by atoms with Gasteiger partial charge in [-0.1, -0.05) is 60.1 Å². The molecule has 0 unspecified atom stereocenters. The van der Waals surface area contributed by atoms with Gasteiger partial charge in [0.15, 0.2) is 5.78 Å². The van der Waals surface area contributed by atoms with Gasteiger partial charge in [-0.05, 0) is 29.3 Å². The number of benzene rings is 3. The number of Topliss-reactive ketones (excluding diaryl/α,β-unsaturated/α-hetero) is 1. The van der Waals surface area contributed by atoms with Crippen LogP contribution < -0.4 is 4.90 Å². The lowest BCUT2D eigenvalue weighted by atomic mass is 9.83. The van der Waals surface area contributed by atoms with Crippen LogP contribution >= 0.6 is 11.6 Å². The van der Waals surface area contributed by atoms with Crippen molar-refractivity contribution < 1.29 is 19.3 Å². The van der Waals surface area contributed by atoms with Gasteiger partial charge in [-0.15, -0.1) is 0 Å². The van der Waals surface area contributed by atoms with Crippen LogP contribution in [0.25, 0.3) is 6.08 Å². The lowest BCUT2D eigenvalue weighted by Gasteiger charge is -2.35. The van der Waals surface area contributed by atoms with Gasteiger partial charge < -0.3 is 4.90 Å². The first-order valence-corrected chi connectivity index (χ1v) is 11.7. The van der Waals surface area contributed by atoms with Gasteiger partial charge in [0.1, 0.15) is 6.04 Å². The first-order chi connectivity index (χ1) is 17.4. The quantitative estimate of drug-likeness (QED) is 0.224. The number of imide groups is 1. The number of carbonyl (C=O) groups is 3. The number of rotatable bonds is 4. The largest absolute Gasteiger partial charge is 0.358 e. The first-order valence-electron chi connectivity index (χ1n) is 11.3. The Balaban J connectivity index is 1.51. The highest BCUT2D eigenvalue weighted by Gasteiger charge is 2.64. The summed E-state index contributed by atoms with van der Waals surface area (Å²) in [5.41, 5.74) is 1.90. The van der Waals surface area contributed by atoms with Gasteiger partial charge in [0.2, 0.25) is 11.8 Å². The molecule has 178 valence electrons. The molecule has 0 spiro atoms. The molecule has 0 aromatic heterocycles. The minimum absolute atomic E-state index is 0.109. The van der Waals surface area contributed by atoms with Crippen molar-refractivity contribution in [2.45, 2.75) is 12.1 Å². The molecule has 0 saturated carbocycles. The second-order valence-corrected chi connectivity index (χ2v) is 9.38. The Morgan fingerprint density at radius 3 is 2.42 bits per heavy atom. The van der Waals surface area contributed by atoms with Crippen molar-refractivity contribution >= 4 is 46.6 Å². The summed E-state index contributed by atoms with van der Waals surface area (Å²) in [6.07, 6.45) is 3.59. The Hall–Kier alpha value is -4.30. The second-order valence-electron chi connectivity index (χ2n) is 8.97. The molecule has 3 aromatic rings. The number of hydrogen-bond acceptors (Lipinski definition) is 6. The van der Waals surface area contributed by atoms with Crippen molar-refractivity contribution in [2.24, 2.45) is 11.8 Å². The van der Waals surface area contributed by atoms with E-state index in [1.807, 2.05) is 30.3 Å². The molecular weight excluding hydrogens is 482 g/mol. The maximum Gasteiger partial charge on any atom is 0.270 e. The van der Waals surface area contributed by atoms with Crippen LogP contribution in [-0.4, -0.2) is 33.5 Å². The smallest absolute Gasteiger partial charge is 0.270 e. The molecule has 8 nitrogen and oxygen atoms in total. The third-order valence-electron chi connectivity index (χ3n) is 7.17. The van der Waals surface area contributed by atoms with Crippen molar-refractivity contribution in [3.05, 3.63) is 111 Å². The standard InChI is InChI=1S/C27H18ClN3O5/c28-19-10-3-4-11-20(19)30-26(33)21-22(27(30)34)24(25(32)16-7-5-8-17(14-16)31(35)36)29-13-12-15-6-1-2-9-18(15)23(21)29/h1-14,21-24H/t21-,22-,23-,24+/m1/s1. The summed E-state index contributed by atoms with van der Waals surface area (Å²) in [6.45, 7) is 0. The number of halogens is 1. The Morgan fingerprint density at radius 2 is 1.64 bits per heavy atom. The molecule has 3 aromatic carbocycles. The predicted molar refractivity (Wildman–Crippen MR) is 132 cm³/mol. The lowest BCUT2D eigenvalue weighted by molar-refractivity contribution is -0.384. The predicted octanol–water partition coefficient (Wildman–Crippen LogP) is 4.65. The SMILES string of the molecule is O=C(c1cccc([N+](=O)[O-])c1)[C@@H]1[C@@H]2C(=O)N(c3ccccc3Cl)C(=O)[C@H]2[C@H]2c3ccccc3C=CN12. The summed E-state index contributed by atoms with van der Waals surface area (Å²) < 4.78 is 0. The molecule has 9 heteroatoms. The molecular formula is C27H18ClN3O5. The van der Waals surface area contributed by atoms with E-state index in [-0.39, 0.29) is 22.0 Å². The number of nitrogens with zero attached hydrogens (tertiary/aromatic N) is 3. The highest BCUT2D eigenvalue weighted by Crippen LogP contribution is 2.54. The highest BCUT2D eigenvalue weighted by atomic mass is 35.5. The van der Waals surface area contributed by atoms with Crippen LogP contribution in [0, 0.1) is 22.0 Å². The van der Waals surface area contributed by atoms with Crippen molar-refractivity contribution in [3.63, 3.8) is 0 Å². The van der Waals surface area contributed by atoms with Crippen LogP contribution in [-0.2, 0) is 9.59 Å². The minimum atomic E-state index is -1.02. The Labute approximate surface area is 210 Å². The topological polar surface area (TPSA) is 101 Å². The molecule has 2 amide bonds. The molecule has 3 aliphatic rings. The fourth-order valence-electron chi connectivity index (χ4n) is 5.67. The average molecular weight is 500 g/mol. The Morgan fingerprint density at radius 1 is 0.917 bits per heavy atom. The minimum Gasteiger partial charge on any atom is -0.358 e. The molecule has 3 heterocycles. The highest BCUT2D eigenvalue weighted by molar-refractivity contribution is 6.36. The second kappa shape index (κ2) is 8.13. The number of hydrogen-bond donors (Lipinski definition) is 0. The summed E-state index contributed by atoms with van der Waals surface area (Å²) in [5.74, 6) is -3.20. The molecule has 2 fully saturated rings. The number of amides is 2. The van der Waals surface area contributed by atoms with E-state index < -0.39 is 46.4 Å². The van der Waals surface area contributed by atoms with E-state index in [0.29, 0.717) is 0 Å². The van der Waals surface area contributed by atoms with E-state index in [4.69, 9.17) is 11.6 Å². The zero-order valence-electron chi connectivity index (χ0n) is 18.7. The molecule has 0 radical (unpaired) electrons. The number of nitro benzene ring substituents is 1. The number of anilines is 1. The maximum absolute atomic E-state index is 13.9. The first kappa shape index (κ1) is 22.2. The van der Waals surface area contributed by atoms with Crippen LogP contribution in [0.4, 0.5) is 11.4 Å². The van der Waals surface area contributed by atoms with Gasteiger partial charge in [-0.2, -0.15) is 0 Å². The van der Waals surface area contributed by atoms with Crippen LogP contribution in [0.15, 0.2) is 79.0 Å². The third-order valence-corrected chi connectivity index (χ3v) is 7.48. The van der Waals surface area contributed by atoms with E-state index in [1.165, 1.54) is 24.3 Å². The van der Waals surface area contributed by atoms with Gasteiger partial charge in [0, 0.05) is 23.9 Å². The zero-order valence-corrected chi connectivity index (χ0v) is 19.4. The number of non-ortho nitro benzene ring substituents is 1. The molecule has 6 rings (SSSR count). The summed E-state index contributed by atoms with van der Waals surface area (Å²) in [5, 5.41) is 11.6. The summed E-state index contributed by atoms with van der Waals surface area (Å²) >= 11 is 6.35. The van der Waals surface area contributed by atoms with Crippen molar-refractivity contribution in [1.29, 1.82) is 0 Å². The maximum atomic E-state index is 13.9. The van der Waals surface area contributed by atoms with Gasteiger partial charge in [-0.25, -0.2) is 4.90 Å². The number of ketones is 1. The fourth-order valence-corrected chi connectivity index (χ4v) is 5.89. The molecule has 0 aliphatic carbocycles. The van der Waals surface area contributed by atoms with E-state index in [0.717, 1.165) is 16.0 Å². The number of para-hydroxylation sites is 1. The third kappa shape index (κ3) is 3.11. The Bertz CT molecular complexity index is 1500. The van der Waals surface area contributed by atoms with Crippen LogP contribution in [0.5, 0.6) is 0 Å². The van der Waals surface area contributed by atoms with Crippen LogP contribution in [0.1, 0.15) is 27.5 Å². The van der Waals surface area contributed by atoms with Crippen molar-refractivity contribution in [2.75, 3.05) is 4.90 Å². The summed E-state index contributed by atoms with van der Waals surface area (Å²) in [4.78, 5) is 55.2. The van der Waals surface area contributed by atoms with Gasteiger partial charge in [-0.3, -0.25) is 24.5 Å². The normalized spacial score (nSPS) is 23.9. The summed E-state index contributed by atoms with van der Waals surface area (Å²) in [6, 6.07) is 18.0. The molecule has 0 N–H and O–H groups in total. The van der Waals surface area contributed by atoms with Gasteiger partial charge in [0.25, 0.3) is 5.69 Å².